The molecule has 0 bridgehead atoms. The standard InChI is InChI=1S/C27H29N7O2/c28-19-8-11-22-21(15-19)32-25(29-12-2-14-33-13-1-3-24(33)35)26-30-16-23(34(22)26)17-4-6-18(7-5-17)27(36)31-20-9-10-20/h4-8,11,15-16,20H,1-3,9-10,12-14,28H2,(H,29,32)(H,31,36). The Morgan fingerprint density at radius 1 is 1.14 bits per heavy atom. The fourth-order valence-corrected chi connectivity index (χ4v) is 4.78. The van der Waals surface area contributed by atoms with Gasteiger partial charge >= 0.3 is 0 Å². The number of anilines is 2. The van der Waals surface area contributed by atoms with Crippen molar-refractivity contribution >= 4 is 40.0 Å². The van der Waals surface area contributed by atoms with E-state index in [4.69, 9.17) is 15.7 Å². The van der Waals surface area contributed by atoms with Crippen molar-refractivity contribution in [2.24, 2.45) is 0 Å². The fraction of sp³-hybridized carbons (Fsp3) is 0.333. The van der Waals surface area contributed by atoms with Crippen molar-refractivity contribution in [1.82, 2.24) is 24.6 Å². The van der Waals surface area contributed by atoms with Crippen LogP contribution in [0.15, 0.2) is 48.7 Å². The van der Waals surface area contributed by atoms with E-state index in [1.165, 1.54) is 0 Å². The summed E-state index contributed by atoms with van der Waals surface area (Å²) in [5, 5.41) is 6.45. The van der Waals surface area contributed by atoms with Gasteiger partial charge < -0.3 is 21.3 Å². The minimum Gasteiger partial charge on any atom is -0.399 e. The monoisotopic (exact) mass is 483 g/mol. The first-order chi connectivity index (χ1) is 17.6. The van der Waals surface area contributed by atoms with Crippen molar-refractivity contribution in [3.05, 3.63) is 54.2 Å². The second kappa shape index (κ2) is 9.14. The van der Waals surface area contributed by atoms with Gasteiger partial charge in [-0.2, -0.15) is 0 Å². The van der Waals surface area contributed by atoms with E-state index < -0.39 is 0 Å². The Balaban J connectivity index is 1.30. The molecule has 0 radical (unpaired) electrons. The molecule has 4 aromatic rings. The molecule has 2 fully saturated rings. The van der Waals surface area contributed by atoms with Gasteiger partial charge in [0, 0.05) is 48.9 Å². The third kappa shape index (κ3) is 4.32. The molecular weight excluding hydrogens is 454 g/mol. The molecule has 2 amide bonds. The second-order valence-electron chi connectivity index (χ2n) is 9.60. The highest BCUT2D eigenvalue weighted by Crippen LogP contribution is 2.30. The summed E-state index contributed by atoms with van der Waals surface area (Å²) < 4.78 is 2.08. The van der Waals surface area contributed by atoms with E-state index in [1.807, 2.05) is 53.6 Å². The lowest BCUT2D eigenvalue weighted by molar-refractivity contribution is -0.127. The van der Waals surface area contributed by atoms with Gasteiger partial charge in [-0.25, -0.2) is 9.97 Å². The second-order valence-corrected chi connectivity index (χ2v) is 9.60. The van der Waals surface area contributed by atoms with E-state index in [0.29, 0.717) is 36.1 Å². The van der Waals surface area contributed by atoms with Gasteiger partial charge in [0.15, 0.2) is 11.5 Å². The zero-order valence-corrected chi connectivity index (χ0v) is 20.0. The predicted octanol–water partition coefficient (Wildman–Crippen LogP) is 3.45. The van der Waals surface area contributed by atoms with E-state index in [1.54, 1.807) is 0 Å². The zero-order chi connectivity index (χ0) is 24.6. The first kappa shape index (κ1) is 22.3. The largest absolute Gasteiger partial charge is 0.399 e. The number of rotatable bonds is 8. The number of carbonyl (C=O) groups excluding carboxylic acids is 2. The van der Waals surface area contributed by atoms with Crippen LogP contribution in [0.4, 0.5) is 11.5 Å². The highest BCUT2D eigenvalue weighted by molar-refractivity contribution is 5.95. The normalized spacial score (nSPS) is 15.7. The summed E-state index contributed by atoms with van der Waals surface area (Å²) in [6.45, 7) is 2.26. The summed E-state index contributed by atoms with van der Waals surface area (Å²) in [7, 11) is 0. The SMILES string of the molecule is Nc1ccc2c(c1)nc(NCCCN1CCCC1=O)c1ncc(-c3ccc(C(=O)NC4CC4)cc3)n12. The quantitative estimate of drug-likeness (QED) is 0.261. The molecule has 2 aromatic heterocycles. The number of nitrogens with zero attached hydrogens (tertiary/aromatic N) is 4. The Morgan fingerprint density at radius 2 is 1.97 bits per heavy atom. The summed E-state index contributed by atoms with van der Waals surface area (Å²) in [6.07, 6.45) is 6.38. The molecule has 6 rings (SSSR count). The number of benzene rings is 2. The average molecular weight is 484 g/mol. The van der Waals surface area contributed by atoms with Crippen LogP contribution >= 0.6 is 0 Å². The number of amides is 2. The van der Waals surface area contributed by atoms with Crippen molar-refractivity contribution < 1.29 is 9.59 Å². The van der Waals surface area contributed by atoms with Crippen LogP contribution in [-0.2, 0) is 4.79 Å². The molecule has 1 saturated heterocycles. The molecule has 0 spiro atoms. The summed E-state index contributed by atoms with van der Waals surface area (Å²) in [5.41, 5.74) is 11.6. The van der Waals surface area contributed by atoms with Crippen LogP contribution in [-0.4, -0.2) is 56.8 Å². The Morgan fingerprint density at radius 3 is 2.72 bits per heavy atom. The molecule has 0 atom stereocenters. The van der Waals surface area contributed by atoms with Gasteiger partial charge in [-0.1, -0.05) is 12.1 Å². The Labute approximate surface area is 208 Å². The van der Waals surface area contributed by atoms with Crippen molar-refractivity contribution in [1.29, 1.82) is 0 Å². The summed E-state index contributed by atoms with van der Waals surface area (Å²) in [4.78, 5) is 35.7. The number of fused-ring (bicyclic) bond motifs is 3. The average Bonchev–Trinajstić information content (AvgIpc) is 3.42. The molecule has 1 aliphatic carbocycles. The first-order valence-electron chi connectivity index (χ1n) is 12.6. The molecule has 0 unspecified atom stereocenters. The number of imidazole rings is 1. The molecule has 3 heterocycles. The van der Waals surface area contributed by atoms with Crippen LogP contribution in [0.2, 0.25) is 0 Å². The summed E-state index contributed by atoms with van der Waals surface area (Å²) in [6, 6.07) is 13.6. The Hall–Kier alpha value is -4.14. The van der Waals surface area contributed by atoms with Crippen LogP contribution in [0.25, 0.3) is 27.9 Å². The maximum Gasteiger partial charge on any atom is 0.251 e. The van der Waals surface area contributed by atoms with Gasteiger partial charge in [0.2, 0.25) is 5.91 Å². The number of nitrogens with one attached hydrogen (secondary N) is 2. The van der Waals surface area contributed by atoms with Crippen LogP contribution in [0.1, 0.15) is 42.5 Å². The predicted molar refractivity (Wildman–Crippen MR) is 140 cm³/mol. The molecule has 184 valence electrons. The third-order valence-electron chi connectivity index (χ3n) is 6.87. The number of nitrogen functional groups attached to an aromatic ring is 1. The lowest BCUT2D eigenvalue weighted by Crippen LogP contribution is -2.27. The van der Waals surface area contributed by atoms with Crippen LogP contribution in [0, 0.1) is 0 Å². The highest BCUT2D eigenvalue weighted by Gasteiger charge is 2.24. The van der Waals surface area contributed by atoms with E-state index >= 15 is 0 Å². The first-order valence-corrected chi connectivity index (χ1v) is 12.6. The molecule has 9 heteroatoms. The van der Waals surface area contributed by atoms with Gasteiger partial charge in [-0.15, -0.1) is 0 Å². The topological polar surface area (TPSA) is 118 Å². The number of carbonyl (C=O) groups is 2. The number of hydrogen-bond acceptors (Lipinski definition) is 6. The molecule has 2 aromatic carbocycles. The van der Waals surface area contributed by atoms with Crippen molar-refractivity contribution in [2.45, 2.75) is 38.1 Å². The minimum atomic E-state index is -0.0329. The number of likely N-dealkylation sites (tertiary alicyclic amines) is 1. The van der Waals surface area contributed by atoms with E-state index in [2.05, 4.69) is 15.0 Å². The van der Waals surface area contributed by atoms with Gasteiger partial charge in [0.25, 0.3) is 5.91 Å². The maximum absolute atomic E-state index is 12.4. The minimum absolute atomic E-state index is 0.0329. The number of nitrogens with two attached hydrogens (primary N) is 1. The zero-order valence-electron chi connectivity index (χ0n) is 20.0. The number of aromatic nitrogens is 3. The molecule has 1 aliphatic heterocycles. The lowest BCUT2D eigenvalue weighted by atomic mass is 10.1. The van der Waals surface area contributed by atoms with Crippen molar-refractivity contribution in [3.63, 3.8) is 0 Å². The highest BCUT2D eigenvalue weighted by atomic mass is 16.2. The maximum atomic E-state index is 12.4. The molecule has 2 aliphatic rings. The van der Waals surface area contributed by atoms with E-state index in [9.17, 15) is 9.59 Å². The van der Waals surface area contributed by atoms with Crippen LogP contribution < -0.4 is 16.4 Å². The Kier molecular flexibility index (Phi) is 5.67. The third-order valence-corrected chi connectivity index (χ3v) is 6.87. The van der Waals surface area contributed by atoms with Crippen LogP contribution in [0.3, 0.4) is 0 Å². The van der Waals surface area contributed by atoms with Crippen molar-refractivity contribution in [2.75, 3.05) is 30.7 Å². The number of hydrogen-bond donors (Lipinski definition) is 3. The van der Waals surface area contributed by atoms with E-state index in [-0.39, 0.29) is 11.8 Å². The molecule has 9 nitrogen and oxygen atoms in total. The summed E-state index contributed by atoms with van der Waals surface area (Å²) >= 11 is 0. The summed E-state index contributed by atoms with van der Waals surface area (Å²) in [5.74, 6) is 0.882. The smallest absolute Gasteiger partial charge is 0.251 e. The van der Waals surface area contributed by atoms with Gasteiger partial charge in [-0.05, 0) is 56.0 Å². The lowest BCUT2D eigenvalue weighted by Gasteiger charge is -2.16. The molecule has 36 heavy (non-hydrogen) atoms. The fourth-order valence-electron chi connectivity index (χ4n) is 4.78. The van der Waals surface area contributed by atoms with Gasteiger partial charge in [0.05, 0.1) is 22.9 Å². The molecule has 4 N–H and O–H groups in total. The van der Waals surface area contributed by atoms with E-state index in [0.717, 1.165) is 66.7 Å². The van der Waals surface area contributed by atoms with Crippen molar-refractivity contribution in [3.8, 4) is 11.3 Å². The van der Waals surface area contributed by atoms with Gasteiger partial charge in [-0.3, -0.25) is 14.0 Å². The Bertz CT molecular complexity index is 1460. The van der Waals surface area contributed by atoms with Crippen LogP contribution in [0.5, 0.6) is 0 Å². The van der Waals surface area contributed by atoms with Gasteiger partial charge in [0.1, 0.15) is 0 Å². The molecule has 1 saturated carbocycles. The molecular formula is C27H29N7O2.